The Morgan fingerprint density at radius 1 is 1.20 bits per heavy atom. The van der Waals surface area contributed by atoms with Crippen molar-refractivity contribution < 1.29 is 4.79 Å². The summed E-state index contributed by atoms with van der Waals surface area (Å²) in [4.78, 5) is 22.8. The van der Waals surface area contributed by atoms with Gasteiger partial charge in [0, 0.05) is 22.9 Å². The zero-order valence-corrected chi connectivity index (χ0v) is 15.1. The number of nitrogens with zero attached hydrogens (tertiary/aromatic N) is 2. The SMILES string of the molecule is CC1(C)CCc2nc(-c3ncc(-c4cccc(N)c4)s3)ccc2C1=O. The summed E-state index contributed by atoms with van der Waals surface area (Å²) < 4.78 is 0. The Morgan fingerprint density at radius 2 is 2.04 bits per heavy atom. The topological polar surface area (TPSA) is 68.9 Å². The lowest BCUT2D eigenvalue weighted by Crippen LogP contribution is -2.31. The van der Waals surface area contributed by atoms with Crippen LogP contribution in [0.1, 0.15) is 36.3 Å². The molecule has 2 heterocycles. The number of carbonyl (C=O) groups excluding carboxylic acids is 1. The van der Waals surface area contributed by atoms with Gasteiger partial charge in [0.25, 0.3) is 0 Å². The van der Waals surface area contributed by atoms with E-state index in [1.54, 1.807) is 11.3 Å². The Labute approximate surface area is 150 Å². The standard InChI is InChI=1S/C20H19N3OS/c1-20(2)9-8-15-14(18(20)24)6-7-16(23-15)19-22-11-17(25-19)12-4-3-5-13(21)10-12/h3-7,10-11H,8-9,21H2,1-2H3. The van der Waals surface area contributed by atoms with Gasteiger partial charge in [-0.15, -0.1) is 11.3 Å². The largest absolute Gasteiger partial charge is 0.399 e. The van der Waals surface area contributed by atoms with Crippen LogP contribution in [0.15, 0.2) is 42.6 Å². The molecule has 126 valence electrons. The summed E-state index contributed by atoms with van der Waals surface area (Å²) >= 11 is 1.58. The summed E-state index contributed by atoms with van der Waals surface area (Å²) in [5.41, 5.74) is 9.84. The lowest BCUT2D eigenvalue weighted by Gasteiger charge is -2.28. The number of pyridine rings is 1. The second-order valence-corrected chi connectivity index (χ2v) is 8.09. The molecule has 0 aliphatic heterocycles. The molecule has 4 nitrogen and oxygen atoms in total. The molecule has 0 amide bonds. The van der Waals surface area contributed by atoms with Gasteiger partial charge >= 0.3 is 0 Å². The summed E-state index contributed by atoms with van der Waals surface area (Å²) in [6, 6.07) is 11.6. The van der Waals surface area contributed by atoms with Crippen LogP contribution in [0.2, 0.25) is 0 Å². The molecule has 5 heteroatoms. The van der Waals surface area contributed by atoms with Crippen LogP contribution in [0.25, 0.3) is 21.1 Å². The van der Waals surface area contributed by atoms with E-state index in [1.807, 2.05) is 56.4 Å². The van der Waals surface area contributed by atoms with Gasteiger partial charge in [-0.05, 0) is 42.7 Å². The molecule has 0 saturated carbocycles. The molecular weight excluding hydrogens is 330 g/mol. The molecule has 0 spiro atoms. The maximum absolute atomic E-state index is 12.5. The van der Waals surface area contributed by atoms with Crippen molar-refractivity contribution in [1.82, 2.24) is 9.97 Å². The molecule has 1 aromatic carbocycles. The van der Waals surface area contributed by atoms with Gasteiger partial charge in [-0.3, -0.25) is 4.79 Å². The third-order valence-corrected chi connectivity index (χ3v) is 5.79. The number of ketones is 1. The molecule has 25 heavy (non-hydrogen) atoms. The van der Waals surface area contributed by atoms with Crippen LogP contribution in [-0.4, -0.2) is 15.8 Å². The Balaban J connectivity index is 1.69. The zero-order valence-electron chi connectivity index (χ0n) is 14.2. The van der Waals surface area contributed by atoms with Gasteiger partial charge in [-0.1, -0.05) is 26.0 Å². The van der Waals surface area contributed by atoms with E-state index in [4.69, 9.17) is 10.7 Å². The molecule has 0 radical (unpaired) electrons. The van der Waals surface area contributed by atoms with Crippen molar-refractivity contribution >= 4 is 22.8 Å². The van der Waals surface area contributed by atoms with Gasteiger partial charge in [-0.2, -0.15) is 0 Å². The number of hydrogen-bond acceptors (Lipinski definition) is 5. The average Bonchev–Trinajstić information content (AvgIpc) is 3.08. The summed E-state index contributed by atoms with van der Waals surface area (Å²) in [6.45, 7) is 4.01. The molecule has 0 bridgehead atoms. The van der Waals surface area contributed by atoms with Crippen LogP contribution in [-0.2, 0) is 6.42 Å². The molecule has 2 aromatic heterocycles. The molecule has 0 atom stereocenters. The quantitative estimate of drug-likeness (QED) is 0.686. The maximum Gasteiger partial charge on any atom is 0.170 e. The summed E-state index contributed by atoms with van der Waals surface area (Å²) in [5, 5.41) is 0.859. The highest BCUT2D eigenvalue weighted by atomic mass is 32.1. The van der Waals surface area contributed by atoms with E-state index in [1.165, 1.54) is 0 Å². The van der Waals surface area contributed by atoms with Crippen LogP contribution in [0.4, 0.5) is 5.69 Å². The van der Waals surface area contributed by atoms with Crippen LogP contribution < -0.4 is 5.73 Å². The Bertz CT molecular complexity index is 975. The van der Waals surface area contributed by atoms with E-state index >= 15 is 0 Å². The number of nitrogen functional groups attached to an aromatic ring is 1. The van der Waals surface area contributed by atoms with Crippen LogP contribution in [0.3, 0.4) is 0 Å². The fourth-order valence-electron chi connectivity index (χ4n) is 3.14. The normalized spacial score (nSPS) is 15.8. The third-order valence-electron chi connectivity index (χ3n) is 4.72. The number of nitrogens with two attached hydrogens (primary N) is 1. The van der Waals surface area contributed by atoms with Crippen LogP contribution in [0.5, 0.6) is 0 Å². The van der Waals surface area contributed by atoms with Gasteiger partial charge in [-0.25, -0.2) is 9.97 Å². The highest BCUT2D eigenvalue weighted by Crippen LogP contribution is 2.36. The first kappa shape index (κ1) is 16.0. The Morgan fingerprint density at radius 3 is 2.84 bits per heavy atom. The van der Waals surface area contributed by atoms with E-state index in [2.05, 4.69) is 4.98 Å². The minimum absolute atomic E-state index is 0.187. The predicted molar refractivity (Wildman–Crippen MR) is 102 cm³/mol. The fraction of sp³-hybridized carbons (Fsp3) is 0.250. The van der Waals surface area contributed by atoms with Crippen LogP contribution in [0, 0.1) is 5.41 Å². The highest BCUT2D eigenvalue weighted by molar-refractivity contribution is 7.18. The lowest BCUT2D eigenvalue weighted by molar-refractivity contribution is 0.0809. The minimum Gasteiger partial charge on any atom is -0.399 e. The number of anilines is 1. The Kier molecular flexibility index (Phi) is 3.69. The number of hydrogen-bond donors (Lipinski definition) is 1. The molecule has 1 aliphatic rings. The number of benzene rings is 1. The van der Waals surface area contributed by atoms with Crippen molar-refractivity contribution in [3.63, 3.8) is 0 Å². The second kappa shape index (κ2) is 5.77. The third kappa shape index (κ3) is 2.85. The van der Waals surface area contributed by atoms with Crippen molar-refractivity contribution in [2.75, 3.05) is 5.73 Å². The lowest BCUT2D eigenvalue weighted by atomic mass is 9.75. The van der Waals surface area contributed by atoms with Gasteiger partial charge in [0.1, 0.15) is 5.01 Å². The average molecular weight is 349 g/mol. The first-order chi connectivity index (χ1) is 11.9. The van der Waals surface area contributed by atoms with E-state index in [0.717, 1.165) is 50.9 Å². The molecule has 0 unspecified atom stereocenters. The number of carbonyl (C=O) groups is 1. The number of Topliss-reactive ketones (excluding diaryl/α,β-unsaturated/α-hetero) is 1. The van der Waals surface area contributed by atoms with Crippen molar-refractivity contribution in [3.05, 3.63) is 53.9 Å². The van der Waals surface area contributed by atoms with Crippen molar-refractivity contribution in [3.8, 4) is 21.1 Å². The molecular formula is C20H19N3OS. The van der Waals surface area contributed by atoms with Crippen molar-refractivity contribution in [1.29, 1.82) is 0 Å². The highest BCUT2D eigenvalue weighted by Gasteiger charge is 2.34. The maximum atomic E-state index is 12.5. The second-order valence-electron chi connectivity index (χ2n) is 7.06. The van der Waals surface area contributed by atoms with Gasteiger partial charge in [0.05, 0.1) is 16.3 Å². The molecule has 0 saturated heterocycles. The predicted octanol–water partition coefficient (Wildman–Crippen LogP) is 4.61. The first-order valence-corrected chi connectivity index (χ1v) is 9.12. The molecule has 4 rings (SSSR count). The number of fused-ring (bicyclic) bond motifs is 1. The van der Waals surface area contributed by atoms with Gasteiger partial charge < -0.3 is 5.73 Å². The molecule has 3 aromatic rings. The molecule has 1 aliphatic carbocycles. The van der Waals surface area contributed by atoms with Crippen molar-refractivity contribution in [2.45, 2.75) is 26.7 Å². The van der Waals surface area contributed by atoms with Crippen molar-refractivity contribution in [2.24, 2.45) is 5.41 Å². The zero-order chi connectivity index (χ0) is 17.6. The number of thiazole rings is 1. The number of aromatic nitrogens is 2. The van der Waals surface area contributed by atoms with Gasteiger partial charge in [0.2, 0.25) is 0 Å². The summed E-state index contributed by atoms with van der Waals surface area (Å²) in [5.74, 6) is 0.187. The number of aryl methyl sites for hydroxylation is 1. The Hall–Kier alpha value is -2.53. The van der Waals surface area contributed by atoms with E-state index in [9.17, 15) is 4.79 Å². The minimum atomic E-state index is -0.294. The molecule has 0 fully saturated rings. The van der Waals surface area contributed by atoms with Gasteiger partial charge in [0.15, 0.2) is 5.78 Å². The van der Waals surface area contributed by atoms with Crippen LogP contribution >= 0.6 is 11.3 Å². The van der Waals surface area contributed by atoms with E-state index in [0.29, 0.717) is 0 Å². The molecule has 2 N–H and O–H groups in total. The first-order valence-electron chi connectivity index (χ1n) is 8.31. The van der Waals surface area contributed by atoms with E-state index < -0.39 is 0 Å². The smallest absolute Gasteiger partial charge is 0.170 e. The monoisotopic (exact) mass is 349 g/mol. The fourth-order valence-corrected chi connectivity index (χ4v) is 4.03. The number of rotatable bonds is 2. The van der Waals surface area contributed by atoms with E-state index in [-0.39, 0.29) is 11.2 Å². The summed E-state index contributed by atoms with van der Waals surface area (Å²) in [6.07, 6.45) is 3.52. The summed E-state index contributed by atoms with van der Waals surface area (Å²) in [7, 11) is 0.